The SMILES string of the molecule is CCCC(=O)OC1OC(CO)[C@H](OC(=O)CCC)[C@H](OC(=O)CCC)C1NC(=O)CCC(C)=O. The maximum absolute atomic E-state index is 12.6. The lowest BCUT2D eigenvalue weighted by molar-refractivity contribution is -0.271. The van der Waals surface area contributed by atoms with Crippen LogP contribution in [0.4, 0.5) is 0 Å². The normalized spacial score (nSPS) is 24.1. The van der Waals surface area contributed by atoms with Crippen molar-refractivity contribution in [3.63, 3.8) is 0 Å². The standard InChI is InChI=1S/C23H37NO10/c1-5-8-17(28)32-21-15(13-25)31-23(34-19(30)10-7-3)20(22(21)33-18(29)9-6-2)24-16(27)12-11-14(4)26/h15,20-23,25H,5-13H2,1-4H3,(H,24,27)/t15?,20?,21-,22+,23?/m0/s1. The van der Waals surface area contributed by atoms with E-state index in [1.807, 2.05) is 0 Å². The van der Waals surface area contributed by atoms with Crippen LogP contribution in [0.25, 0.3) is 0 Å². The highest BCUT2D eigenvalue weighted by molar-refractivity contribution is 5.83. The number of ketones is 1. The van der Waals surface area contributed by atoms with Crippen molar-refractivity contribution in [3.05, 3.63) is 0 Å². The first-order valence-corrected chi connectivity index (χ1v) is 11.8. The van der Waals surface area contributed by atoms with Crippen molar-refractivity contribution in [3.8, 4) is 0 Å². The van der Waals surface area contributed by atoms with Gasteiger partial charge in [-0.15, -0.1) is 0 Å². The molecule has 0 aromatic carbocycles. The van der Waals surface area contributed by atoms with Crippen LogP contribution in [0, 0.1) is 0 Å². The van der Waals surface area contributed by atoms with Crippen LogP contribution in [0.5, 0.6) is 0 Å². The Bertz CT molecular complexity index is 710. The van der Waals surface area contributed by atoms with E-state index >= 15 is 0 Å². The smallest absolute Gasteiger partial charge is 0.308 e. The lowest BCUT2D eigenvalue weighted by Crippen LogP contribution is -2.67. The fraction of sp³-hybridized carbons (Fsp3) is 0.783. The Hall–Kier alpha value is -2.53. The predicted molar refractivity (Wildman–Crippen MR) is 118 cm³/mol. The van der Waals surface area contributed by atoms with Crippen LogP contribution >= 0.6 is 0 Å². The molecule has 1 rings (SSSR count). The number of aliphatic hydroxyl groups excluding tert-OH is 1. The molecule has 0 aromatic heterocycles. The molecular weight excluding hydrogens is 450 g/mol. The van der Waals surface area contributed by atoms with Crippen molar-refractivity contribution in [1.82, 2.24) is 5.32 Å². The van der Waals surface area contributed by atoms with Gasteiger partial charge in [-0.2, -0.15) is 0 Å². The summed E-state index contributed by atoms with van der Waals surface area (Å²) in [5.74, 6) is -2.61. The van der Waals surface area contributed by atoms with Crippen molar-refractivity contribution >= 4 is 29.6 Å². The van der Waals surface area contributed by atoms with E-state index in [9.17, 15) is 29.1 Å². The minimum Gasteiger partial charge on any atom is -0.456 e. The highest BCUT2D eigenvalue weighted by Gasteiger charge is 2.52. The predicted octanol–water partition coefficient (Wildman–Crippen LogP) is 1.32. The average molecular weight is 488 g/mol. The molecule has 1 aliphatic rings. The van der Waals surface area contributed by atoms with Gasteiger partial charge in [0.15, 0.2) is 12.2 Å². The fourth-order valence-corrected chi connectivity index (χ4v) is 3.36. The van der Waals surface area contributed by atoms with Crippen LogP contribution in [-0.2, 0) is 42.9 Å². The Balaban J connectivity index is 3.33. The topological polar surface area (TPSA) is 155 Å². The number of esters is 3. The van der Waals surface area contributed by atoms with Crippen molar-refractivity contribution in [2.75, 3.05) is 6.61 Å². The molecule has 0 radical (unpaired) electrons. The molecule has 34 heavy (non-hydrogen) atoms. The highest BCUT2D eigenvalue weighted by atomic mass is 16.7. The van der Waals surface area contributed by atoms with Crippen LogP contribution in [0.2, 0.25) is 0 Å². The lowest BCUT2D eigenvalue weighted by Gasteiger charge is -2.44. The van der Waals surface area contributed by atoms with Crippen molar-refractivity contribution < 1.29 is 48.0 Å². The Kier molecular flexibility index (Phi) is 13.4. The summed E-state index contributed by atoms with van der Waals surface area (Å²) in [6.07, 6.45) is -3.64. The summed E-state index contributed by atoms with van der Waals surface area (Å²) < 4.78 is 22.2. The van der Waals surface area contributed by atoms with Crippen molar-refractivity contribution in [2.45, 2.75) is 110 Å². The Morgan fingerprint density at radius 2 is 1.26 bits per heavy atom. The Labute approximate surface area is 199 Å². The highest BCUT2D eigenvalue weighted by Crippen LogP contribution is 2.28. The molecule has 3 unspecified atom stereocenters. The zero-order valence-electron chi connectivity index (χ0n) is 20.4. The molecule has 1 fully saturated rings. The van der Waals surface area contributed by atoms with Gasteiger partial charge < -0.3 is 34.2 Å². The van der Waals surface area contributed by atoms with E-state index in [2.05, 4.69) is 5.32 Å². The second kappa shape index (κ2) is 15.4. The Morgan fingerprint density at radius 1 is 0.765 bits per heavy atom. The molecule has 0 spiro atoms. The summed E-state index contributed by atoms with van der Waals surface area (Å²) in [5.41, 5.74) is 0. The summed E-state index contributed by atoms with van der Waals surface area (Å²) in [7, 11) is 0. The van der Waals surface area contributed by atoms with Crippen LogP contribution < -0.4 is 5.32 Å². The number of Topliss-reactive ketones (excluding diaryl/α,β-unsaturated/α-hetero) is 1. The zero-order chi connectivity index (χ0) is 25.7. The molecule has 1 heterocycles. The van der Waals surface area contributed by atoms with Crippen LogP contribution in [0.3, 0.4) is 0 Å². The average Bonchev–Trinajstić information content (AvgIpc) is 2.76. The number of hydrogen-bond donors (Lipinski definition) is 2. The molecule has 11 heteroatoms. The van der Waals surface area contributed by atoms with Crippen LogP contribution in [0.15, 0.2) is 0 Å². The van der Waals surface area contributed by atoms with Gasteiger partial charge in [-0.3, -0.25) is 19.2 Å². The third-order valence-corrected chi connectivity index (χ3v) is 5.00. The van der Waals surface area contributed by atoms with E-state index in [1.165, 1.54) is 6.92 Å². The van der Waals surface area contributed by atoms with E-state index in [0.717, 1.165) is 0 Å². The maximum Gasteiger partial charge on any atom is 0.308 e. The first-order chi connectivity index (χ1) is 16.2. The van der Waals surface area contributed by atoms with Gasteiger partial charge in [-0.25, -0.2) is 0 Å². The van der Waals surface area contributed by atoms with E-state index in [-0.39, 0.29) is 37.9 Å². The van der Waals surface area contributed by atoms with Gasteiger partial charge >= 0.3 is 17.9 Å². The van der Waals surface area contributed by atoms with E-state index in [4.69, 9.17) is 18.9 Å². The Morgan fingerprint density at radius 3 is 1.74 bits per heavy atom. The largest absolute Gasteiger partial charge is 0.456 e. The molecule has 1 amide bonds. The van der Waals surface area contributed by atoms with Gasteiger partial charge in [0, 0.05) is 32.1 Å². The maximum atomic E-state index is 12.6. The van der Waals surface area contributed by atoms with Gasteiger partial charge in [0.25, 0.3) is 0 Å². The number of carbonyl (C=O) groups is 5. The molecule has 0 saturated carbocycles. The molecule has 194 valence electrons. The minimum absolute atomic E-state index is 0.0197. The molecule has 11 nitrogen and oxygen atoms in total. The molecule has 5 atom stereocenters. The quantitative estimate of drug-likeness (QED) is 0.271. The number of carbonyl (C=O) groups excluding carboxylic acids is 5. The molecule has 2 N–H and O–H groups in total. The fourth-order valence-electron chi connectivity index (χ4n) is 3.36. The minimum atomic E-state index is -1.42. The summed E-state index contributed by atoms with van der Waals surface area (Å²) >= 11 is 0. The number of hydrogen-bond acceptors (Lipinski definition) is 10. The number of ether oxygens (including phenoxy) is 4. The number of rotatable bonds is 14. The number of amides is 1. The third kappa shape index (κ3) is 9.76. The summed E-state index contributed by atoms with van der Waals surface area (Å²) in [6.45, 7) is 6.05. The van der Waals surface area contributed by atoms with Gasteiger partial charge in [0.05, 0.1) is 6.61 Å². The van der Waals surface area contributed by atoms with Crippen LogP contribution in [0.1, 0.15) is 79.1 Å². The molecule has 1 saturated heterocycles. The van der Waals surface area contributed by atoms with Gasteiger partial charge in [-0.1, -0.05) is 20.8 Å². The third-order valence-electron chi connectivity index (χ3n) is 5.00. The number of nitrogens with one attached hydrogen (secondary N) is 1. The van der Waals surface area contributed by atoms with Gasteiger partial charge in [0.2, 0.25) is 12.2 Å². The van der Waals surface area contributed by atoms with E-state index in [1.54, 1.807) is 20.8 Å². The summed E-state index contributed by atoms with van der Waals surface area (Å²) in [4.78, 5) is 60.7. The van der Waals surface area contributed by atoms with Gasteiger partial charge in [0.1, 0.15) is 17.9 Å². The summed E-state index contributed by atoms with van der Waals surface area (Å²) in [5, 5.41) is 12.5. The van der Waals surface area contributed by atoms with E-state index < -0.39 is 61.1 Å². The molecule has 0 aliphatic carbocycles. The second-order valence-electron chi connectivity index (χ2n) is 8.17. The summed E-state index contributed by atoms with van der Waals surface area (Å²) in [6, 6.07) is -1.23. The molecule has 0 bridgehead atoms. The van der Waals surface area contributed by atoms with Crippen molar-refractivity contribution in [2.24, 2.45) is 0 Å². The molecular formula is C23H37NO10. The first-order valence-electron chi connectivity index (χ1n) is 11.8. The van der Waals surface area contributed by atoms with Gasteiger partial charge in [-0.05, 0) is 26.2 Å². The first kappa shape index (κ1) is 29.5. The number of aliphatic hydroxyl groups is 1. The van der Waals surface area contributed by atoms with Crippen LogP contribution in [-0.4, -0.2) is 72.0 Å². The van der Waals surface area contributed by atoms with E-state index in [0.29, 0.717) is 19.3 Å². The monoisotopic (exact) mass is 487 g/mol. The second-order valence-corrected chi connectivity index (χ2v) is 8.17. The molecule has 0 aromatic rings. The lowest BCUT2D eigenvalue weighted by atomic mass is 9.95. The zero-order valence-corrected chi connectivity index (χ0v) is 20.4. The molecule has 1 aliphatic heterocycles. The van der Waals surface area contributed by atoms with Crippen molar-refractivity contribution in [1.29, 1.82) is 0 Å².